The van der Waals surface area contributed by atoms with Crippen LogP contribution in [-0.4, -0.2) is 31.7 Å². The van der Waals surface area contributed by atoms with Crippen molar-refractivity contribution in [3.05, 3.63) is 125 Å². The number of rotatable bonds is 7. The van der Waals surface area contributed by atoms with Gasteiger partial charge in [-0.3, -0.25) is 4.79 Å². The molecule has 3 heterocycles. The lowest BCUT2D eigenvalue weighted by atomic mass is 9.99. The largest absolute Gasteiger partial charge is 0.478 e. The Morgan fingerprint density at radius 3 is 2.54 bits per heavy atom. The summed E-state index contributed by atoms with van der Waals surface area (Å²) in [6.07, 6.45) is 6.00. The van der Waals surface area contributed by atoms with Crippen LogP contribution in [0.1, 0.15) is 50.4 Å². The van der Waals surface area contributed by atoms with Gasteiger partial charge < -0.3 is 14.8 Å². The second kappa shape index (κ2) is 9.90. The first-order valence-electron chi connectivity index (χ1n) is 12.5. The van der Waals surface area contributed by atoms with Crippen molar-refractivity contribution in [2.24, 2.45) is 0 Å². The number of aromatic carboxylic acids is 1. The quantitative estimate of drug-likeness (QED) is 0.272. The average Bonchev–Trinajstić information content (AvgIpc) is 3.63. The van der Waals surface area contributed by atoms with Crippen LogP contribution >= 0.6 is 0 Å². The molecule has 0 saturated carbocycles. The Bertz CT molecular complexity index is 1820. The summed E-state index contributed by atoms with van der Waals surface area (Å²) in [6.45, 7) is 1.87. The van der Waals surface area contributed by atoms with Gasteiger partial charge in [0.05, 0.1) is 28.9 Å². The number of hydrogen-bond donors (Lipinski definition) is 2. The summed E-state index contributed by atoms with van der Waals surface area (Å²) in [4.78, 5) is 25.0. The minimum Gasteiger partial charge on any atom is -0.478 e. The summed E-state index contributed by atoms with van der Waals surface area (Å²) in [7, 11) is 0. The number of carbonyl (C=O) groups excluding carboxylic acids is 1. The molecule has 6 rings (SSSR count). The van der Waals surface area contributed by atoms with Crippen molar-refractivity contribution in [1.29, 1.82) is 0 Å². The molecule has 2 N–H and O–H groups in total. The number of amides is 1. The molecule has 39 heavy (non-hydrogen) atoms. The molecule has 0 saturated heterocycles. The monoisotopic (exact) mass is 516 g/mol. The second-order valence-electron chi connectivity index (χ2n) is 9.51. The molecule has 8 nitrogen and oxygen atoms in total. The Kier molecular flexibility index (Phi) is 6.13. The van der Waals surface area contributed by atoms with Gasteiger partial charge in [0.25, 0.3) is 5.91 Å². The zero-order chi connectivity index (χ0) is 26.9. The fraction of sp³-hybridized carbons (Fsp3) is 0.0968. The number of carbonyl (C=O) groups is 2. The second-order valence-corrected chi connectivity index (χ2v) is 9.51. The summed E-state index contributed by atoms with van der Waals surface area (Å²) >= 11 is 0. The average molecular weight is 517 g/mol. The Morgan fingerprint density at radius 1 is 1.00 bits per heavy atom. The van der Waals surface area contributed by atoms with E-state index >= 15 is 0 Å². The summed E-state index contributed by atoms with van der Waals surface area (Å²) < 4.78 is 6.73. The van der Waals surface area contributed by atoms with Crippen molar-refractivity contribution in [1.82, 2.24) is 20.0 Å². The number of nitrogens with one attached hydrogen (secondary N) is 1. The maximum Gasteiger partial charge on any atom is 0.335 e. The SMILES string of the molecule is C[C@H](NC(=O)c1cc(-c2cnon2)cn2ccc(Cc3ccc4ccccc4c3)c12)c1ccc(C(=O)O)cc1. The molecular weight excluding hydrogens is 492 g/mol. The van der Waals surface area contributed by atoms with E-state index in [4.69, 9.17) is 4.63 Å². The van der Waals surface area contributed by atoms with Crippen LogP contribution in [0.5, 0.6) is 0 Å². The van der Waals surface area contributed by atoms with Crippen LogP contribution in [0, 0.1) is 0 Å². The highest BCUT2D eigenvalue weighted by atomic mass is 16.6. The van der Waals surface area contributed by atoms with Crippen molar-refractivity contribution in [2.45, 2.75) is 19.4 Å². The van der Waals surface area contributed by atoms with E-state index in [0.29, 0.717) is 23.2 Å². The van der Waals surface area contributed by atoms with Gasteiger partial charge in [0, 0.05) is 18.0 Å². The van der Waals surface area contributed by atoms with Crippen molar-refractivity contribution in [3.8, 4) is 11.3 Å². The zero-order valence-electron chi connectivity index (χ0n) is 21.0. The van der Waals surface area contributed by atoms with Gasteiger partial charge in [-0.15, -0.1) is 0 Å². The molecular formula is C31H24N4O4. The molecule has 192 valence electrons. The van der Waals surface area contributed by atoms with Crippen molar-refractivity contribution in [2.75, 3.05) is 0 Å². The van der Waals surface area contributed by atoms with Crippen LogP contribution in [0.25, 0.3) is 27.5 Å². The molecule has 0 radical (unpaired) electrons. The van der Waals surface area contributed by atoms with Gasteiger partial charge >= 0.3 is 5.97 Å². The van der Waals surface area contributed by atoms with E-state index in [0.717, 1.165) is 22.2 Å². The number of nitrogens with zero attached hydrogens (tertiary/aromatic N) is 3. The molecule has 3 aromatic heterocycles. The number of aromatic nitrogens is 3. The predicted molar refractivity (Wildman–Crippen MR) is 147 cm³/mol. The summed E-state index contributed by atoms with van der Waals surface area (Å²) in [5.74, 6) is -1.25. The van der Waals surface area contributed by atoms with Crippen LogP contribution in [0.4, 0.5) is 0 Å². The van der Waals surface area contributed by atoms with Crippen molar-refractivity contribution >= 4 is 28.2 Å². The third-order valence-electron chi connectivity index (χ3n) is 6.95. The third kappa shape index (κ3) is 4.75. The third-order valence-corrected chi connectivity index (χ3v) is 6.95. The molecule has 3 aromatic carbocycles. The highest BCUT2D eigenvalue weighted by Gasteiger charge is 2.20. The van der Waals surface area contributed by atoms with Gasteiger partial charge in [0.1, 0.15) is 5.69 Å². The standard InChI is InChI=1S/C31H24N4O4/c1-19(21-8-10-23(11-9-21)31(37)38)33-30(36)27-16-26(28-17-32-39-34-28)18-35-13-12-25(29(27)35)15-20-6-7-22-4-2-3-5-24(22)14-20/h2-14,16-19H,15H2,1H3,(H,33,36)(H,37,38)/t19-/m0/s1. The van der Waals surface area contributed by atoms with E-state index in [1.807, 2.05) is 41.9 Å². The van der Waals surface area contributed by atoms with E-state index in [-0.39, 0.29) is 17.5 Å². The number of pyridine rings is 1. The molecule has 0 unspecified atom stereocenters. The topological polar surface area (TPSA) is 110 Å². The Labute approximate surface area is 223 Å². The molecule has 0 aliphatic rings. The van der Waals surface area contributed by atoms with E-state index in [9.17, 15) is 14.7 Å². The fourth-order valence-electron chi connectivity index (χ4n) is 4.91. The number of carboxylic acids is 1. The minimum absolute atomic E-state index is 0.194. The lowest BCUT2D eigenvalue weighted by molar-refractivity contribution is 0.0696. The fourth-order valence-corrected chi connectivity index (χ4v) is 4.91. The molecule has 1 amide bonds. The highest BCUT2D eigenvalue weighted by Crippen LogP contribution is 2.28. The highest BCUT2D eigenvalue weighted by molar-refractivity contribution is 6.03. The van der Waals surface area contributed by atoms with Crippen LogP contribution in [-0.2, 0) is 6.42 Å². The predicted octanol–water partition coefficient (Wildman–Crippen LogP) is 5.92. The van der Waals surface area contributed by atoms with Crippen LogP contribution in [0.15, 0.2) is 102 Å². The van der Waals surface area contributed by atoms with Gasteiger partial charge in [0.2, 0.25) is 0 Å². The lowest BCUT2D eigenvalue weighted by Gasteiger charge is -2.16. The molecule has 0 fully saturated rings. The molecule has 6 aromatic rings. The van der Waals surface area contributed by atoms with Gasteiger partial charge in [-0.05, 0) is 70.2 Å². The normalized spacial score (nSPS) is 12.0. The molecule has 8 heteroatoms. The lowest BCUT2D eigenvalue weighted by Crippen LogP contribution is -2.27. The molecule has 0 aliphatic carbocycles. The summed E-state index contributed by atoms with van der Waals surface area (Å²) in [5.41, 5.74) is 5.66. The molecule has 1 atom stereocenters. The number of hydrogen-bond acceptors (Lipinski definition) is 5. The smallest absolute Gasteiger partial charge is 0.335 e. The van der Waals surface area contributed by atoms with Crippen LogP contribution in [0.2, 0.25) is 0 Å². The van der Waals surface area contributed by atoms with E-state index in [1.165, 1.54) is 29.1 Å². The molecule has 0 spiro atoms. The van der Waals surface area contributed by atoms with Gasteiger partial charge in [-0.1, -0.05) is 59.8 Å². The zero-order valence-corrected chi connectivity index (χ0v) is 21.0. The van der Waals surface area contributed by atoms with Gasteiger partial charge in [-0.2, -0.15) is 0 Å². The van der Waals surface area contributed by atoms with Crippen molar-refractivity contribution in [3.63, 3.8) is 0 Å². The molecule has 0 aliphatic heterocycles. The Balaban J connectivity index is 1.38. The first kappa shape index (κ1) is 24.1. The Morgan fingerprint density at radius 2 is 1.79 bits per heavy atom. The van der Waals surface area contributed by atoms with Crippen LogP contribution < -0.4 is 5.32 Å². The van der Waals surface area contributed by atoms with Gasteiger partial charge in [-0.25, -0.2) is 9.42 Å². The van der Waals surface area contributed by atoms with Crippen molar-refractivity contribution < 1.29 is 19.3 Å². The number of benzene rings is 3. The minimum atomic E-state index is -0.994. The first-order chi connectivity index (χ1) is 19.0. The Hall–Kier alpha value is -5.24. The van der Waals surface area contributed by atoms with Gasteiger partial charge in [0.15, 0.2) is 0 Å². The van der Waals surface area contributed by atoms with Crippen LogP contribution in [0.3, 0.4) is 0 Å². The van der Waals surface area contributed by atoms with E-state index in [1.54, 1.807) is 18.2 Å². The van der Waals surface area contributed by atoms with E-state index < -0.39 is 5.97 Å². The summed E-state index contributed by atoms with van der Waals surface area (Å²) in [5, 5.41) is 22.3. The first-order valence-corrected chi connectivity index (χ1v) is 12.5. The number of carboxylic acid groups (broad SMARTS) is 1. The maximum absolute atomic E-state index is 13.7. The molecule has 0 bridgehead atoms. The maximum atomic E-state index is 13.7. The number of fused-ring (bicyclic) bond motifs is 2. The van der Waals surface area contributed by atoms with E-state index in [2.05, 4.69) is 46.0 Å². The summed E-state index contributed by atoms with van der Waals surface area (Å²) in [6, 6.07) is 24.6.